The average molecular weight is 300 g/mol. The van der Waals surface area contributed by atoms with E-state index in [1.807, 2.05) is 11.8 Å². The number of carboxylic acids is 1. The first-order valence-corrected chi connectivity index (χ1v) is 8.63. The summed E-state index contributed by atoms with van der Waals surface area (Å²) < 4.78 is 0. The molecule has 2 aliphatic rings. The van der Waals surface area contributed by atoms with E-state index >= 15 is 0 Å². The number of amides is 1. The van der Waals surface area contributed by atoms with E-state index in [4.69, 9.17) is 0 Å². The van der Waals surface area contributed by atoms with E-state index < -0.39 is 5.97 Å². The Balaban J connectivity index is 1.72. The topological polar surface area (TPSA) is 78.4 Å². The Morgan fingerprint density at radius 2 is 2.10 bits per heavy atom. The highest BCUT2D eigenvalue weighted by Crippen LogP contribution is 2.29. The smallest absolute Gasteiger partial charge is 0.306 e. The van der Waals surface area contributed by atoms with Gasteiger partial charge in [0, 0.05) is 37.1 Å². The lowest BCUT2D eigenvalue weighted by Crippen LogP contribution is -2.43. The van der Waals surface area contributed by atoms with Gasteiger partial charge in [-0.3, -0.25) is 9.59 Å². The largest absolute Gasteiger partial charge is 0.481 e. The molecule has 1 aliphatic carbocycles. The minimum absolute atomic E-state index is 0.0414. The van der Waals surface area contributed by atoms with Crippen molar-refractivity contribution in [2.24, 2.45) is 11.8 Å². The third-order valence-corrected chi connectivity index (χ3v) is 5.35. The third-order valence-electron chi connectivity index (χ3n) is 4.22. The monoisotopic (exact) mass is 300 g/mol. The van der Waals surface area contributed by atoms with Gasteiger partial charge in [0.05, 0.1) is 5.92 Å². The van der Waals surface area contributed by atoms with Gasteiger partial charge in [-0.2, -0.15) is 11.8 Å². The fraction of sp³-hybridized carbons (Fsp3) is 0.857. The number of carbonyl (C=O) groups excluding carboxylic acids is 1. The molecule has 2 fully saturated rings. The second-order valence-corrected chi connectivity index (χ2v) is 6.87. The second-order valence-electron chi connectivity index (χ2n) is 5.72. The summed E-state index contributed by atoms with van der Waals surface area (Å²) in [6.07, 6.45) is 4.22. The van der Waals surface area contributed by atoms with Gasteiger partial charge in [0.1, 0.15) is 0 Å². The summed E-state index contributed by atoms with van der Waals surface area (Å²) in [5, 5.41) is 15.5. The molecule has 3 atom stereocenters. The molecule has 1 aliphatic heterocycles. The zero-order valence-corrected chi connectivity index (χ0v) is 12.6. The zero-order valence-electron chi connectivity index (χ0n) is 11.8. The molecule has 20 heavy (non-hydrogen) atoms. The van der Waals surface area contributed by atoms with Crippen molar-refractivity contribution in [3.63, 3.8) is 0 Å². The standard InChI is InChI=1S/C14H24N2O3S/c17-13(7-11-9-20-6-5-15-11)16-8-10-3-1-2-4-12(10)14(18)19/h10-12,15H,1-9H2,(H,16,17)(H,18,19). The van der Waals surface area contributed by atoms with E-state index in [2.05, 4.69) is 10.6 Å². The molecular weight excluding hydrogens is 276 g/mol. The van der Waals surface area contributed by atoms with Crippen molar-refractivity contribution < 1.29 is 14.7 Å². The molecule has 1 heterocycles. The summed E-state index contributed by atoms with van der Waals surface area (Å²) in [5.74, 6) is 1.23. The Kier molecular flexibility index (Phi) is 6.16. The van der Waals surface area contributed by atoms with E-state index in [1.165, 1.54) is 0 Å². The molecule has 1 amide bonds. The number of nitrogens with one attached hydrogen (secondary N) is 2. The van der Waals surface area contributed by atoms with Crippen LogP contribution in [0.15, 0.2) is 0 Å². The molecule has 5 nitrogen and oxygen atoms in total. The molecule has 3 N–H and O–H groups in total. The van der Waals surface area contributed by atoms with Gasteiger partial charge in [0.15, 0.2) is 0 Å². The first-order chi connectivity index (χ1) is 9.66. The van der Waals surface area contributed by atoms with Crippen molar-refractivity contribution in [2.75, 3.05) is 24.6 Å². The molecular formula is C14H24N2O3S. The lowest BCUT2D eigenvalue weighted by atomic mass is 9.79. The number of carboxylic acid groups (broad SMARTS) is 1. The van der Waals surface area contributed by atoms with Crippen LogP contribution in [0.2, 0.25) is 0 Å². The molecule has 0 spiro atoms. The maximum Gasteiger partial charge on any atom is 0.306 e. The first-order valence-electron chi connectivity index (χ1n) is 7.47. The minimum Gasteiger partial charge on any atom is -0.481 e. The van der Waals surface area contributed by atoms with Crippen LogP contribution in [0.25, 0.3) is 0 Å². The van der Waals surface area contributed by atoms with Crippen molar-refractivity contribution in [1.82, 2.24) is 10.6 Å². The highest BCUT2D eigenvalue weighted by molar-refractivity contribution is 7.99. The minimum atomic E-state index is -0.714. The van der Waals surface area contributed by atoms with Gasteiger partial charge in [-0.25, -0.2) is 0 Å². The van der Waals surface area contributed by atoms with Crippen LogP contribution in [-0.2, 0) is 9.59 Å². The van der Waals surface area contributed by atoms with Gasteiger partial charge < -0.3 is 15.7 Å². The lowest BCUT2D eigenvalue weighted by Gasteiger charge is -2.29. The number of aliphatic carboxylic acids is 1. The number of hydrogen-bond acceptors (Lipinski definition) is 4. The van der Waals surface area contributed by atoms with Crippen molar-refractivity contribution in [3.05, 3.63) is 0 Å². The van der Waals surface area contributed by atoms with Crippen LogP contribution in [0.4, 0.5) is 0 Å². The summed E-state index contributed by atoms with van der Waals surface area (Å²) in [4.78, 5) is 23.1. The summed E-state index contributed by atoms with van der Waals surface area (Å²) in [7, 11) is 0. The second kappa shape index (κ2) is 7.88. The molecule has 0 radical (unpaired) electrons. The Hall–Kier alpha value is -0.750. The molecule has 0 bridgehead atoms. The maximum atomic E-state index is 11.9. The van der Waals surface area contributed by atoms with Crippen molar-refractivity contribution in [1.29, 1.82) is 0 Å². The van der Waals surface area contributed by atoms with Crippen LogP contribution in [0, 0.1) is 11.8 Å². The van der Waals surface area contributed by atoms with Crippen LogP contribution in [-0.4, -0.2) is 47.6 Å². The van der Waals surface area contributed by atoms with E-state index in [1.54, 1.807) is 0 Å². The van der Waals surface area contributed by atoms with Crippen molar-refractivity contribution in [3.8, 4) is 0 Å². The van der Waals surface area contributed by atoms with E-state index in [0.717, 1.165) is 43.7 Å². The van der Waals surface area contributed by atoms with E-state index in [0.29, 0.717) is 13.0 Å². The molecule has 114 valence electrons. The molecule has 6 heteroatoms. The first kappa shape index (κ1) is 15.6. The maximum absolute atomic E-state index is 11.9. The summed E-state index contributed by atoms with van der Waals surface area (Å²) in [5.41, 5.74) is 0. The summed E-state index contributed by atoms with van der Waals surface area (Å²) >= 11 is 1.88. The molecule has 2 rings (SSSR count). The van der Waals surface area contributed by atoms with Gasteiger partial charge >= 0.3 is 5.97 Å². The fourth-order valence-electron chi connectivity index (χ4n) is 3.07. The molecule has 3 unspecified atom stereocenters. The van der Waals surface area contributed by atoms with Gasteiger partial charge in [0.2, 0.25) is 5.91 Å². The van der Waals surface area contributed by atoms with E-state index in [9.17, 15) is 14.7 Å². The summed E-state index contributed by atoms with van der Waals surface area (Å²) in [6.45, 7) is 1.47. The molecule has 0 aromatic carbocycles. The van der Waals surface area contributed by atoms with Gasteiger partial charge in [-0.1, -0.05) is 12.8 Å². The molecule has 1 saturated heterocycles. The van der Waals surface area contributed by atoms with Gasteiger partial charge in [-0.15, -0.1) is 0 Å². The van der Waals surface area contributed by atoms with Crippen LogP contribution in [0.5, 0.6) is 0 Å². The quantitative estimate of drug-likeness (QED) is 0.708. The molecule has 1 saturated carbocycles. The Morgan fingerprint density at radius 3 is 2.80 bits per heavy atom. The van der Waals surface area contributed by atoms with E-state index in [-0.39, 0.29) is 23.8 Å². The van der Waals surface area contributed by atoms with Crippen LogP contribution >= 0.6 is 11.8 Å². The number of thioether (sulfide) groups is 1. The van der Waals surface area contributed by atoms with Crippen LogP contribution < -0.4 is 10.6 Å². The van der Waals surface area contributed by atoms with Crippen molar-refractivity contribution >= 4 is 23.6 Å². The van der Waals surface area contributed by atoms with Crippen molar-refractivity contribution in [2.45, 2.75) is 38.1 Å². The molecule has 0 aromatic rings. The van der Waals surface area contributed by atoms with Gasteiger partial charge in [-0.05, 0) is 18.8 Å². The number of carbonyl (C=O) groups is 2. The van der Waals surface area contributed by atoms with Crippen LogP contribution in [0.3, 0.4) is 0 Å². The van der Waals surface area contributed by atoms with Crippen LogP contribution in [0.1, 0.15) is 32.1 Å². The fourth-order valence-corrected chi connectivity index (χ4v) is 4.02. The Morgan fingerprint density at radius 1 is 1.30 bits per heavy atom. The Labute approximate surface area is 124 Å². The lowest BCUT2D eigenvalue weighted by molar-refractivity contribution is -0.145. The number of rotatable bonds is 5. The Bertz CT molecular complexity index is 345. The SMILES string of the molecule is O=C(CC1CSCCN1)NCC1CCCCC1C(=O)O. The normalized spacial score (nSPS) is 30.7. The average Bonchev–Trinajstić information content (AvgIpc) is 2.46. The molecule has 0 aromatic heterocycles. The predicted molar refractivity (Wildman–Crippen MR) is 79.8 cm³/mol. The third kappa shape index (κ3) is 4.66. The summed E-state index contributed by atoms with van der Waals surface area (Å²) in [6, 6.07) is 0.260. The number of hydrogen-bond donors (Lipinski definition) is 3. The van der Waals surface area contributed by atoms with Gasteiger partial charge in [0.25, 0.3) is 0 Å². The highest BCUT2D eigenvalue weighted by atomic mass is 32.2. The highest BCUT2D eigenvalue weighted by Gasteiger charge is 2.31. The predicted octanol–water partition coefficient (Wildman–Crippen LogP) is 1.09. The zero-order chi connectivity index (χ0) is 14.4.